The maximum Gasteiger partial charge on any atom is 0.397 e. The molecule has 0 saturated heterocycles. The van der Waals surface area contributed by atoms with Gasteiger partial charge in [0, 0.05) is 18.6 Å². The summed E-state index contributed by atoms with van der Waals surface area (Å²) >= 11 is 0. The smallest absolute Gasteiger partial charge is 0.322 e. The Morgan fingerprint density at radius 1 is 1.50 bits per heavy atom. The van der Waals surface area contributed by atoms with Crippen LogP contribution in [0.15, 0.2) is 18.2 Å². The van der Waals surface area contributed by atoms with Crippen LogP contribution in [0.3, 0.4) is 0 Å². The summed E-state index contributed by atoms with van der Waals surface area (Å²) in [6, 6.07) is 3.26. The van der Waals surface area contributed by atoms with Crippen LogP contribution in [0.25, 0.3) is 0 Å². The molecule has 8 nitrogen and oxygen atoms in total. The van der Waals surface area contributed by atoms with Crippen molar-refractivity contribution >= 4 is 16.1 Å². The molecule has 0 spiro atoms. The number of nitro benzene ring substituents is 1. The molecule has 0 unspecified atom stereocenters. The highest BCUT2D eigenvalue weighted by Gasteiger charge is 2.34. The molecule has 0 amide bonds. The van der Waals surface area contributed by atoms with Crippen LogP contribution in [0.2, 0.25) is 0 Å². The van der Waals surface area contributed by atoms with Crippen molar-refractivity contribution in [3.63, 3.8) is 0 Å². The molecule has 18 heavy (non-hydrogen) atoms. The number of nitrogens with zero attached hydrogens (tertiary/aromatic N) is 1. The largest absolute Gasteiger partial charge is 0.397 e. The lowest BCUT2D eigenvalue weighted by Gasteiger charge is -2.13. The van der Waals surface area contributed by atoms with Crippen LogP contribution in [0.5, 0.6) is 0 Å². The van der Waals surface area contributed by atoms with E-state index in [4.69, 9.17) is 10.3 Å². The van der Waals surface area contributed by atoms with E-state index in [1.807, 2.05) is 0 Å². The molecule has 0 aromatic heterocycles. The topological polar surface area (TPSA) is 133 Å². The number of rotatable bonds is 3. The Morgan fingerprint density at radius 3 is 2.72 bits per heavy atom. The molecule has 0 aliphatic heterocycles. The van der Waals surface area contributed by atoms with Crippen molar-refractivity contribution < 1.29 is 22.1 Å². The Labute approximate surface area is 102 Å². The second-order valence-corrected chi connectivity index (χ2v) is 4.98. The van der Waals surface area contributed by atoms with Gasteiger partial charge in [-0.2, -0.15) is 8.42 Å². The molecule has 0 fully saturated rings. The first-order valence-corrected chi connectivity index (χ1v) is 6.33. The molecule has 2 rings (SSSR count). The normalized spacial score (nSPS) is 22.8. The van der Waals surface area contributed by atoms with Gasteiger partial charge in [0.2, 0.25) is 0 Å². The monoisotopic (exact) mass is 274 g/mol. The first kappa shape index (κ1) is 12.9. The summed E-state index contributed by atoms with van der Waals surface area (Å²) in [5, 5.41) is 10.6. The molecule has 0 heterocycles. The fraction of sp³-hybridized carbons (Fsp3) is 0.333. The molecule has 1 aromatic carbocycles. The van der Waals surface area contributed by atoms with Gasteiger partial charge in [0.25, 0.3) is 5.69 Å². The second-order valence-electron chi connectivity index (χ2n) is 3.93. The third-order valence-electron chi connectivity index (χ3n) is 2.77. The minimum absolute atomic E-state index is 0.128. The average Bonchev–Trinajstić information content (AvgIpc) is 2.53. The van der Waals surface area contributed by atoms with E-state index < -0.39 is 27.5 Å². The van der Waals surface area contributed by atoms with E-state index in [1.54, 1.807) is 0 Å². The fourth-order valence-electron chi connectivity index (χ4n) is 1.99. The molecule has 3 N–H and O–H groups in total. The number of nitrogens with two attached hydrogens (primary N) is 1. The van der Waals surface area contributed by atoms with E-state index >= 15 is 0 Å². The zero-order valence-corrected chi connectivity index (χ0v) is 9.83. The molecule has 98 valence electrons. The van der Waals surface area contributed by atoms with Gasteiger partial charge >= 0.3 is 10.4 Å². The minimum atomic E-state index is -4.60. The van der Waals surface area contributed by atoms with Gasteiger partial charge in [0.15, 0.2) is 0 Å². The number of hydrogen-bond donors (Lipinski definition) is 2. The predicted octanol–water partition coefficient (Wildman–Crippen LogP) is 0.339. The summed E-state index contributed by atoms with van der Waals surface area (Å²) in [5.74, 6) is 0. The molecule has 2 atom stereocenters. The Hall–Kier alpha value is -1.55. The Bertz CT molecular complexity index is 599. The van der Waals surface area contributed by atoms with Crippen molar-refractivity contribution in [2.45, 2.75) is 18.6 Å². The highest BCUT2D eigenvalue weighted by molar-refractivity contribution is 7.80. The van der Waals surface area contributed by atoms with E-state index in [1.165, 1.54) is 18.2 Å². The molecule has 1 aromatic rings. The predicted molar refractivity (Wildman–Crippen MR) is 60.2 cm³/mol. The van der Waals surface area contributed by atoms with Crippen LogP contribution in [0.1, 0.15) is 17.2 Å². The highest BCUT2D eigenvalue weighted by atomic mass is 32.3. The molecular formula is C9H10N2O6S. The summed E-state index contributed by atoms with van der Waals surface area (Å²) < 4.78 is 34.3. The second kappa shape index (κ2) is 4.28. The van der Waals surface area contributed by atoms with E-state index in [-0.39, 0.29) is 12.1 Å². The lowest BCUT2D eigenvalue weighted by atomic mass is 10.1. The number of nitro groups is 1. The van der Waals surface area contributed by atoms with Gasteiger partial charge < -0.3 is 5.73 Å². The molecule has 9 heteroatoms. The van der Waals surface area contributed by atoms with Crippen LogP contribution in [0.4, 0.5) is 5.69 Å². The van der Waals surface area contributed by atoms with Gasteiger partial charge in [-0.3, -0.25) is 14.7 Å². The molecule has 1 aliphatic rings. The van der Waals surface area contributed by atoms with Gasteiger partial charge in [-0.25, -0.2) is 4.18 Å². The molecular weight excluding hydrogens is 264 g/mol. The van der Waals surface area contributed by atoms with Crippen molar-refractivity contribution in [1.82, 2.24) is 0 Å². The molecule has 1 aliphatic carbocycles. The highest BCUT2D eigenvalue weighted by Crippen LogP contribution is 2.34. The molecule has 0 saturated carbocycles. The maximum absolute atomic E-state index is 10.6. The lowest BCUT2D eigenvalue weighted by molar-refractivity contribution is -0.384. The fourth-order valence-corrected chi connectivity index (χ4v) is 2.49. The molecule has 0 bridgehead atoms. The third-order valence-corrected chi connectivity index (χ3v) is 3.26. The summed E-state index contributed by atoms with van der Waals surface area (Å²) in [7, 11) is -4.60. The summed E-state index contributed by atoms with van der Waals surface area (Å²) in [4.78, 5) is 10.0. The third kappa shape index (κ3) is 2.48. The number of fused-ring (bicyclic) bond motifs is 1. The number of hydrogen-bond acceptors (Lipinski definition) is 6. The van der Waals surface area contributed by atoms with Crippen LogP contribution in [-0.2, 0) is 21.0 Å². The van der Waals surface area contributed by atoms with E-state index in [0.717, 1.165) is 0 Å². The maximum atomic E-state index is 10.6. The van der Waals surface area contributed by atoms with E-state index in [9.17, 15) is 18.5 Å². The molecule has 0 radical (unpaired) electrons. The van der Waals surface area contributed by atoms with Crippen LogP contribution < -0.4 is 5.73 Å². The Morgan fingerprint density at radius 2 is 2.17 bits per heavy atom. The van der Waals surface area contributed by atoms with Gasteiger partial charge in [-0.05, 0) is 11.1 Å². The van der Waals surface area contributed by atoms with Crippen LogP contribution >= 0.6 is 0 Å². The van der Waals surface area contributed by atoms with Crippen LogP contribution in [0, 0.1) is 10.1 Å². The SMILES string of the molecule is N[C@@H]1c2cc([N+](=O)[O-])ccc2C[C@H]1OS(=O)(=O)O. The Balaban J connectivity index is 2.31. The van der Waals surface area contributed by atoms with Gasteiger partial charge in [-0.1, -0.05) is 6.07 Å². The zero-order valence-electron chi connectivity index (χ0n) is 9.02. The zero-order chi connectivity index (χ0) is 13.5. The van der Waals surface area contributed by atoms with Crippen LogP contribution in [-0.4, -0.2) is 24.0 Å². The van der Waals surface area contributed by atoms with Crippen molar-refractivity contribution in [3.05, 3.63) is 39.4 Å². The van der Waals surface area contributed by atoms with Crippen molar-refractivity contribution in [2.75, 3.05) is 0 Å². The summed E-state index contributed by atoms with van der Waals surface area (Å²) in [5.41, 5.74) is 6.74. The lowest BCUT2D eigenvalue weighted by Crippen LogP contribution is -2.27. The van der Waals surface area contributed by atoms with Gasteiger partial charge in [0.1, 0.15) is 6.10 Å². The van der Waals surface area contributed by atoms with Crippen molar-refractivity contribution in [1.29, 1.82) is 0 Å². The standard InChI is InChI=1S/C9H10N2O6S/c10-9-7-4-6(11(12)13)2-1-5(7)3-8(9)17-18(14,15)16/h1-2,4,8-9H,3,10H2,(H,14,15,16)/t8-,9-/m1/s1. The van der Waals surface area contributed by atoms with E-state index in [2.05, 4.69) is 4.18 Å². The summed E-state index contributed by atoms with van der Waals surface area (Å²) in [6.07, 6.45) is -0.772. The quantitative estimate of drug-likeness (QED) is 0.461. The van der Waals surface area contributed by atoms with Gasteiger partial charge in [0.05, 0.1) is 11.0 Å². The number of benzene rings is 1. The van der Waals surface area contributed by atoms with Crippen molar-refractivity contribution in [3.8, 4) is 0 Å². The minimum Gasteiger partial charge on any atom is -0.322 e. The Kier molecular flexibility index (Phi) is 3.07. The van der Waals surface area contributed by atoms with Gasteiger partial charge in [-0.15, -0.1) is 0 Å². The van der Waals surface area contributed by atoms with Crippen molar-refractivity contribution in [2.24, 2.45) is 5.73 Å². The summed E-state index contributed by atoms with van der Waals surface area (Å²) in [6.45, 7) is 0. The number of non-ortho nitro benzene ring substituents is 1. The first-order chi connectivity index (χ1) is 8.28. The average molecular weight is 274 g/mol. The first-order valence-electron chi connectivity index (χ1n) is 4.96. The van der Waals surface area contributed by atoms with E-state index in [0.29, 0.717) is 11.1 Å².